The Morgan fingerprint density at radius 1 is 0.818 bits per heavy atom. The van der Waals surface area contributed by atoms with Crippen LogP contribution in [0.3, 0.4) is 0 Å². The summed E-state index contributed by atoms with van der Waals surface area (Å²) in [6.07, 6.45) is 3.07. The van der Waals surface area contributed by atoms with Gasteiger partial charge in [-0.15, -0.1) is 0 Å². The Morgan fingerprint density at radius 2 is 1.18 bits per heavy atom. The molecule has 4 N–H and O–H groups in total. The Morgan fingerprint density at radius 3 is 1.55 bits per heavy atom. The zero-order valence-corrected chi connectivity index (χ0v) is 11.7. The van der Waals surface area contributed by atoms with E-state index in [1.54, 1.807) is 0 Å². The molecule has 0 unspecified atom stereocenters. The quantitative estimate of drug-likeness (QED) is 0.365. The number of rotatable bonds is 6. The van der Waals surface area contributed by atoms with Gasteiger partial charge in [0.1, 0.15) is 0 Å². The number of benzene rings is 1. The van der Waals surface area contributed by atoms with Crippen LogP contribution in [0.2, 0.25) is 0 Å². The van der Waals surface area contributed by atoms with Crippen molar-refractivity contribution in [3.8, 4) is 5.75 Å². The normalized spacial score (nSPS) is 9.27. The van der Waals surface area contributed by atoms with Crippen LogP contribution >= 0.6 is 0 Å². The maximum absolute atomic E-state index is 11.4. The van der Waals surface area contributed by atoms with Gasteiger partial charge in [0, 0.05) is 5.69 Å². The number of hydrogen-bond donors (Lipinski definition) is 4. The van der Waals surface area contributed by atoms with Gasteiger partial charge in [-0.3, -0.25) is 14.4 Å². The van der Waals surface area contributed by atoms with E-state index in [2.05, 4.69) is 35.7 Å². The number of amides is 3. The van der Waals surface area contributed by atoms with Crippen LogP contribution in [0, 0.1) is 0 Å². The van der Waals surface area contributed by atoms with E-state index in [1.807, 2.05) is 0 Å². The van der Waals surface area contributed by atoms with Crippen molar-refractivity contribution in [1.29, 1.82) is 0 Å². The predicted octanol–water partition coefficient (Wildman–Crippen LogP) is 1.77. The third kappa shape index (κ3) is 4.34. The highest BCUT2D eigenvalue weighted by molar-refractivity contribution is 6.06. The van der Waals surface area contributed by atoms with Crippen molar-refractivity contribution < 1.29 is 19.5 Å². The van der Waals surface area contributed by atoms with Gasteiger partial charge in [0.15, 0.2) is 5.75 Å². The molecule has 0 aliphatic rings. The molecule has 7 heteroatoms. The lowest BCUT2D eigenvalue weighted by Crippen LogP contribution is -2.13. The third-order valence-corrected chi connectivity index (χ3v) is 2.45. The number of phenolic OH excluding ortho intramolecular Hbond substituents is 1. The number of anilines is 3. The average Bonchev–Trinajstić information content (AvgIpc) is 2.51. The molecule has 1 aromatic rings. The molecule has 3 amide bonds. The minimum atomic E-state index is -0.566. The summed E-state index contributed by atoms with van der Waals surface area (Å²) in [5, 5.41) is 17.2. The number of nitrogens with one attached hydrogen (secondary N) is 3. The average molecular weight is 301 g/mol. The van der Waals surface area contributed by atoms with Crippen molar-refractivity contribution in [2.75, 3.05) is 16.0 Å². The van der Waals surface area contributed by atoms with Gasteiger partial charge in [-0.05, 0) is 30.4 Å². The Balaban J connectivity index is 3.28. The smallest absolute Gasteiger partial charge is 0.247 e. The molecule has 0 aliphatic heterocycles. The maximum Gasteiger partial charge on any atom is 0.247 e. The molecule has 22 heavy (non-hydrogen) atoms. The summed E-state index contributed by atoms with van der Waals surface area (Å²) < 4.78 is 0. The van der Waals surface area contributed by atoms with Crippen LogP contribution in [0.1, 0.15) is 0 Å². The summed E-state index contributed by atoms with van der Waals surface area (Å²) in [4.78, 5) is 34.1. The first kappa shape index (κ1) is 16.7. The van der Waals surface area contributed by atoms with Gasteiger partial charge in [-0.2, -0.15) is 0 Å². The summed E-state index contributed by atoms with van der Waals surface area (Å²) in [7, 11) is 0. The molecule has 0 atom stereocenters. The fraction of sp³-hybridized carbons (Fsp3) is 0. The van der Waals surface area contributed by atoms with Gasteiger partial charge in [0.25, 0.3) is 0 Å². The number of aromatic hydroxyl groups is 1. The first-order valence-electron chi connectivity index (χ1n) is 6.08. The molecule has 0 fully saturated rings. The number of carbonyl (C=O) groups excluding carboxylic acids is 3. The summed E-state index contributed by atoms with van der Waals surface area (Å²) in [6.45, 7) is 9.90. The summed E-state index contributed by atoms with van der Waals surface area (Å²) in [5.41, 5.74) is 0.221. The highest BCUT2D eigenvalue weighted by Crippen LogP contribution is 2.36. The lowest BCUT2D eigenvalue weighted by molar-refractivity contribution is -0.112. The zero-order valence-electron chi connectivity index (χ0n) is 11.7. The molecule has 0 bridgehead atoms. The minimum Gasteiger partial charge on any atom is -0.504 e. The molecular weight excluding hydrogens is 286 g/mol. The van der Waals surface area contributed by atoms with Crippen LogP contribution in [0.5, 0.6) is 5.75 Å². The van der Waals surface area contributed by atoms with E-state index in [9.17, 15) is 19.5 Å². The van der Waals surface area contributed by atoms with Gasteiger partial charge < -0.3 is 21.1 Å². The molecule has 0 saturated heterocycles. The number of phenols is 1. The fourth-order valence-corrected chi connectivity index (χ4v) is 1.46. The lowest BCUT2D eigenvalue weighted by atomic mass is 10.2. The number of hydrogen-bond acceptors (Lipinski definition) is 4. The van der Waals surface area contributed by atoms with Crippen molar-refractivity contribution in [2.24, 2.45) is 0 Å². The third-order valence-electron chi connectivity index (χ3n) is 2.45. The first-order chi connectivity index (χ1) is 10.4. The van der Waals surface area contributed by atoms with E-state index in [1.165, 1.54) is 12.1 Å². The Kier molecular flexibility index (Phi) is 5.65. The molecule has 7 nitrogen and oxygen atoms in total. The van der Waals surface area contributed by atoms with E-state index >= 15 is 0 Å². The molecule has 0 aromatic heterocycles. The van der Waals surface area contributed by atoms with Gasteiger partial charge in [-0.25, -0.2) is 0 Å². The Hall–Kier alpha value is -3.35. The summed E-state index contributed by atoms with van der Waals surface area (Å²) in [5.74, 6) is -2.00. The van der Waals surface area contributed by atoms with Crippen molar-refractivity contribution >= 4 is 34.8 Å². The molecule has 1 rings (SSSR count). The predicted molar refractivity (Wildman–Crippen MR) is 84.6 cm³/mol. The first-order valence-corrected chi connectivity index (χ1v) is 6.08. The fourth-order valence-electron chi connectivity index (χ4n) is 1.46. The van der Waals surface area contributed by atoms with Crippen LogP contribution < -0.4 is 16.0 Å². The van der Waals surface area contributed by atoms with Gasteiger partial charge in [0.05, 0.1) is 11.4 Å². The van der Waals surface area contributed by atoms with Gasteiger partial charge >= 0.3 is 0 Å². The summed E-state index contributed by atoms with van der Waals surface area (Å²) in [6, 6.07) is 2.64. The molecule has 0 spiro atoms. The second kappa shape index (κ2) is 7.44. The molecule has 0 aliphatic carbocycles. The van der Waals surface area contributed by atoms with Crippen LogP contribution in [0.15, 0.2) is 50.1 Å². The molecule has 114 valence electrons. The highest BCUT2D eigenvalue weighted by atomic mass is 16.3. The molecular formula is C15H15N3O4. The minimum absolute atomic E-state index is 0.00822. The van der Waals surface area contributed by atoms with E-state index in [0.717, 1.165) is 18.2 Å². The van der Waals surface area contributed by atoms with Crippen molar-refractivity contribution in [3.63, 3.8) is 0 Å². The van der Waals surface area contributed by atoms with E-state index in [0.29, 0.717) is 0 Å². The largest absolute Gasteiger partial charge is 0.504 e. The van der Waals surface area contributed by atoms with Crippen LogP contribution in [-0.4, -0.2) is 22.8 Å². The highest BCUT2D eigenvalue weighted by Gasteiger charge is 2.14. The Bertz CT molecular complexity index is 622. The number of carbonyl (C=O) groups is 3. The van der Waals surface area contributed by atoms with Gasteiger partial charge in [0.2, 0.25) is 17.7 Å². The zero-order chi connectivity index (χ0) is 16.7. The maximum atomic E-state index is 11.4. The second-order valence-electron chi connectivity index (χ2n) is 4.00. The SMILES string of the molecule is C=CC(=O)Nc1cc(NC(=O)C=C)c(O)c(NC(=O)C=C)c1. The van der Waals surface area contributed by atoms with E-state index < -0.39 is 17.7 Å². The topological polar surface area (TPSA) is 108 Å². The van der Waals surface area contributed by atoms with Crippen LogP contribution in [0.4, 0.5) is 17.1 Å². The standard InChI is InChI=1S/C15H15N3O4/c1-4-12(19)16-9-7-10(17-13(20)5-2)15(22)11(8-9)18-14(21)6-3/h4-8,22H,1-3H2,(H,16,19)(H,17,20)(H,18,21). The second-order valence-corrected chi connectivity index (χ2v) is 4.00. The van der Waals surface area contributed by atoms with Gasteiger partial charge in [-0.1, -0.05) is 19.7 Å². The molecule has 0 saturated carbocycles. The van der Waals surface area contributed by atoms with Crippen molar-refractivity contribution in [2.45, 2.75) is 0 Å². The van der Waals surface area contributed by atoms with Crippen LogP contribution in [-0.2, 0) is 14.4 Å². The lowest BCUT2D eigenvalue weighted by Gasteiger charge is -2.13. The van der Waals surface area contributed by atoms with Crippen molar-refractivity contribution in [1.82, 2.24) is 0 Å². The monoisotopic (exact) mass is 301 g/mol. The van der Waals surface area contributed by atoms with Crippen molar-refractivity contribution in [3.05, 3.63) is 50.1 Å². The molecule has 0 radical (unpaired) electrons. The van der Waals surface area contributed by atoms with E-state index in [4.69, 9.17) is 0 Å². The summed E-state index contributed by atoms with van der Waals surface area (Å²) >= 11 is 0. The molecule has 1 aromatic carbocycles. The van der Waals surface area contributed by atoms with E-state index in [-0.39, 0.29) is 22.8 Å². The molecule has 0 heterocycles. The Labute approximate surface area is 127 Å². The van der Waals surface area contributed by atoms with Crippen LogP contribution in [0.25, 0.3) is 0 Å².